The lowest BCUT2D eigenvalue weighted by Gasteiger charge is -2.48. The molecule has 4 amide bonds. The van der Waals surface area contributed by atoms with Gasteiger partial charge in [-0.15, -0.1) is 0 Å². The quantitative estimate of drug-likeness (QED) is 0.0737. The molecule has 0 saturated carbocycles. The summed E-state index contributed by atoms with van der Waals surface area (Å²) in [6.45, 7) is 19.9. The molecule has 0 radical (unpaired) electrons. The highest BCUT2D eigenvalue weighted by atomic mass is 16.3. The van der Waals surface area contributed by atoms with Crippen molar-refractivity contribution in [3.8, 4) is 11.3 Å². The highest BCUT2D eigenvalue weighted by molar-refractivity contribution is 6.34. The van der Waals surface area contributed by atoms with Crippen LogP contribution in [0.3, 0.4) is 0 Å². The second-order valence-electron chi connectivity index (χ2n) is 22.9. The molecule has 8 heterocycles. The first-order valence-electron chi connectivity index (χ1n) is 26.8. The maximum Gasteiger partial charge on any atom is 0.293 e. The number of benzene rings is 2. The molecule has 0 bridgehead atoms. The minimum Gasteiger partial charge on any atom is -0.392 e. The lowest BCUT2D eigenvalue weighted by atomic mass is 9.90. The Labute approximate surface area is 453 Å². The zero-order valence-corrected chi connectivity index (χ0v) is 45.3. The summed E-state index contributed by atoms with van der Waals surface area (Å²) in [6, 6.07) is 18.8. The maximum atomic E-state index is 14.1. The van der Waals surface area contributed by atoms with Crippen LogP contribution in [0.25, 0.3) is 11.3 Å². The number of amides is 4. The zero-order valence-electron chi connectivity index (χ0n) is 45.3. The molecule has 5 N–H and O–H groups in total. The van der Waals surface area contributed by atoms with Gasteiger partial charge in [-0.25, -0.2) is 14.9 Å². The second-order valence-corrected chi connectivity index (χ2v) is 22.9. The van der Waals surface area contributed by atoms with Crippen LogP contribution in [0.15, 0.2) is 96.7 Å². The SMILES string of the molecule is C=CC(=O)Nc1cc(Nc2nc(-c3ccnc(N4CCn5c(cc6c5CC(C)(C)C6)C4=O)c3CO)cn(C)c2=O)ccc1N1CCN(C2CCN(c3ccc4c(c3)C(=O)N(c3ccnc(C(C)(C)N)c3)C4=O)[C@H](C)C2)C[C@@H]1C. The fourth-order valence-corrected chi connectivity index (χ4v) is 12.4. The highest BCUT2D eigenvalue weighted by Gasteiger charge is 2.41. The van der Waals surface area contributed by atoms with Gasteiger partial charge in [-0.2, -0.15) is 0 Å². The average Bonchev–Trinajstić information content (AvgIpc) is 4.23. The molecule has 78 heavy (non-hydrogen) atoms. The third-order valence-electron chi connectivity index (χ3n) is 16.3. The van der Waals surface area contributed by atoms with Crippen molar-refractivity contribution in [3.05, 3.63) is 142 Å². The molecule has 0 spiro atoms. The molecule has 4 aliphatic heterocycles. The number of piperazine rings is 1. The largest absolute Gasteiger partial charge is 0.392 e. The Morgan fingerprint density at radius 1 is 0.859 bits per heavy atom. The number of anilines is 7. The van der Waals surface area contributed by atoms with Crippen molar-refractivity contribution in [2.45, 2.75) is 104 Å². The third-order valence-corrected chi connectivity index (χ3v) is 16.3. The molecule has 4 aromatic heterocycles. The van der Waals surface area contributed by atoms with E-state index in [2.05, 4.69) is 74.1 Å². The second kappa shape index (κ2) is 19.8. The molecule has 5 aliphatic rings. The Kier molecular flexibility index (Phi) is 13.2. The molecule has 2 saturated heterocycles. The van der Waals surface area contributed by atoms with Crippen molar-refractivity contribution in [3.63, 3.8) is 0 Å². The van der Waals surface area contributed by atoms with E-state index in [9.17, 15) is 29.1 Å². The topological polar surface area (TPSA) is 220 Å². The van der Waals surface area contributed by atoms with Gasteiger partial charge in [0.15, 0.2) is 5.82 Å². The summed E-state index contributed by atoms with van der Waals surface area (Å²) in [4.78, 5) is 92.1. The number of hydrogen-bond donors (Lipinski definition) is 4. The normalized spacial score (nSPS) is 20.2. The van der Waals surface area contributed by atoms with Gasteiger partial charge in [0, 0.05) is 111 Å². The lowest BCUT2D eigenvalue weighted by molar-refractivity contribution is -0.111. The average molecular weight is 1050 g/mol. The Morgan fingerprint density at radius 3 is 2.38 bits per heavy atom. The molecule has 2 fully saturated rings. The molecule has 1 unspecified atom stereocenters. The van der Waals surface area contributed by atoms with Gasteiger partial charge in [0.1, 0.15) is 11.5 Å². The zero-order chi connectivity index (χ0) is 55.1. The van der Waals surface area contributed by atoms with E-state index in [1.807, 2.05) is 44.2 Å². The number of carbonyl (C=O) groups is 4. The molecule has 1 aliphatic carbocycles. The number of aromatic nitrogens is 5. The van der Waals surface area contributed by atoms with Crippen LogP contribution in [-0.2, 0) is 43.4 Å². The molecular formula is C59H67N13O6. The number of piperidine rings is 1. The fraction of sp³-hybridized carbons (Fsp3) is 0.390. The first-order chi connectivity index (χ1) is 37.2. The van der Waals surface area contributed by atoms with Crippen LogP contribution in [0, 0.1) is 5.41 Å². The number of nitrogens with zero attached hydrogens (tertiary/aromatic N) is 10. The first kappa shape index (κ1) is 52.1. The van der Waals surface area contributed by atoms with Gasteiger partial charge in [0.25, 0.3) is 23.3 Å². The molecule has 19 heteroatoms. The summed E-state index contributed by atoms with van der Waals surface area (Å²) in [5.74, 6) is -0.921. The predicted molar refractivity (Wildman–Crippen MR) is 302 cm³/mol. The minimum absolute atomic E-state index is 0.0240. The van der Waals surface area contributed by atoms with E-state index >= 15 is 0 Å². The summed E-state index contributed by atoms with van der Waals surface area (Å²) >= 11 is 0. The van der Waals surface area contributed by atoms with Crippen LogP contribution in [0.2, 0.25) is 0 Å². The number of aliphatic hydroxyl groups excluding tert-OH is 1. The smallest absolute Gasteiger partial charge is 0.293 e. The lowest BCUT2D eigenvalue weighted by Crippen LogP contribution is -2.58. The summed E-state index contributed by atoms with van der Waals surface area (Å²) in [5, 5.41) is 17.1. The predicted octanol–water partition coefficient (Wildman–Crippen LogP) is 6.75. The number of carbonyl (C=O) groups excluding carboxylic acids is 4. The van der Waals surface area contributed by atoms with E-state index in [0.29, 0.717) is 87.9 Å². The van der Waals surface area contributed by atoms with Crippen molar-refractivity contribution in [1.82, 2.24) is 29.0 Å². The minimum atomic E-state index is -0.746. The first-order valence-corrected chi connectivity index (χ1v) is 26.8. The Bertz CT molecular complexity index is 3520. The van der Waals surface area contributed by atoms with Gasteiger partial charge >= 0.3 is 0 Å². The van der Waals surface area contributed by atoms with Gasteiger partial charge in [0.2, 0.25) is 5.91 Å². The van der Waals surface area contributed by atoms with Crippen LogP contribution in [0.1, 0.15) is 108 Å². The van der Waals surface area contributed by atoms with Crippen molar-refractivity contribution in [2.75, 3.05) is 63.0 Å². The Balaban J connectivity index is 0.773. The van der Waals surface area contributed by atoms with E-state index in [0.717, 1.165) is 56.7 Å². The fourth-order valence-electron chi connectivity index (χ4n) is 12.4. The van der Waals surface area contributed by atoms with Gasteiger partial charge < -0.3 is 40.4 Å². The molecule has 3 atom stereocenters. The molecule has 404 valence electrons. The van der Waals surface area contributed by atoms with Gasteiger partial charge in [0.05, 0.1) is 51.7 Å². The molecule has 11 rings (SSSR count). The molecule has 19 nitrogen and oxygen atoms in total. The number of pyridine rings is 2. The number of imide groups is 1. The summed E-state index contributed by atoms with van der Waals surface area (Å²) in [5.41, 5.74) is 14.2. The number of hydrogen-bond acceptors (Lipinski definition) is 14. The number of aryl methyl sites for hydroxylation is 1. The highest BCUT2D eigenvalue weighted by Crippen LogP contribution is 2.41. The van der Waals surface area contributed by atoms with Crippen molar-refractivity contribution >= 4 is 63.7 Å². The Hall–Kier alpha value is -8.00. The van der Waals surface area contributed by atoms with Crippen molar-refractivity contribution in [2.24, 2.45) is 18.2 Å². The number of fused-ring (bicyclic) bond motifs is 4. The maximum absolute atomic E-state index is 14.1. The van der Waals surface area contributed by atoms with Crippen LogP contribution < -0.4 is 41.5 Å². The third kappa shape index (κ3) is 9.32. The van der Waals surface area contributed by atoms with Gasteiger partial charge in [-0.3, -0.25) is 38.8 Å². The van der Waals surface area contributed by atoms with Gasteiger partial charge in [-0.05, 0) is 131 Å². The molecule has 6 aromatic rings. The van der Waals surface area contributed by atoms with E-state index in [1.54, 1.807) is 60.9 Å². The van der Waals surface area contributed by atoms with Crippen LogP contribution in [0.5, 0.6) is 0 Å². The summed E-state index contributed by atoms with van der Waals surface area (Å²) < 4.78 is 3.56. The van der Waals surface area contributed by atoms with Crippen molar-refractivity contribution < 1.29 is 24.3 Å². The summed E-state index contributed by atoms with van der Waals surface area (Å²) in [7, 11) is 1.63. The number of nitrogens with one attached hydrogen (secondary N) is 2. The van der Waals surface area contributed by atoms with E-state index in [4.69, 9.17) is 10.7 Å². The van der Waals surface area contributed by atoms with E-state index < -0.39 is 17.7 Å². The van der Waals surface area contributed by atoms with Crippen LogP contribution >= 0.6 is 0 Å². The summed E-state index contributed by atoms with van der Waals surface area (Å²) in [6.07, 6.45) is 9.63. The monoisotopic (exact) mass is 1050 g/mol. The number of nitrogens with two attached hydrogens (primary N) is 1. The van der Waals surface area contributed by atoms with Crippen LogP contribution in [-0.4, -0.2) is 109 Å². The van der Waals surface area contributed by atoms with Crippen LogP contribution in [0.4, 0.5) is 40.1 Å². The van der Waals surface area contributed by atoms with E-state index in [-0.39, 0.29) is 46.9 Å². The molecule has 2 aromatic carbocycles. The molecular weight excluding hydrogens is 987 g/mol. The van der Waals surface area contributed by atoms with Gasteiger partial charge in [-0.1, -0.05) is 20.4 Å². The standard InChI is InChI=1S/C59H67N13O6/c1-9-51(74)64-45-26-37(63-52-57(78)66(8)32-46(65-52)41-15-18-62-53(44(41)33-73)71-23-22-70-48(56(71)77)25-36-29-58(4,5)30-49(36)70)10-13-47(45)69-21-20-67(31-35(69)3)38-16-19-68(34(2)24-38)39-11-12-42-43(27-39)55(76)72(54(42)75)40-14-17-61-50(28-40)59(6,7)60/h9-15,17-18,25-28,32,34-35,38,73H,1,16,19-24,29-31,33,60H2,2-8H3,(H,63,65)(H,64,74)/t34-,35+,38?/m1/s1. The number of rotatable bonds is 12. The Morgan fingerprint density at radius 2 is 1.64 bits per heavy atom. The number of aliphatic hydroxyl groups is 1. The van der Waals surface area contributed by atoms with Crippen molar-refractivity contribution in [1.29, 1.82) is 0 Å². The van der Waals surface area contributed by atoms with E-state index in [1.165, 1.54) is 26.8 Å².